The van der Waals surface area contributed by atoms with Crippen LogP contribution in [0, 0.1) is 0 Å². The third-order valence-corrected chi connectivity index (χ3v) is 5.19. The molecule has 0 unspecified atom stereocenters. The van der Waals surface area contributed by atoms with Crippen LogP contribution >= 0.6 is 0 Å². The van der Waals surface area contributed by atoms with Gasteiger partial charge in [-0.15, -0.1) is 5.10 Å². The van der Waals surface area contributed by atoms with E-state index in [0.29, 0.717) is 29.6 Å². The standard InChI is InChI=1S/C22H21N7O2/c1-28-13-12-23-20(28)14-31-19-10-4-16(5-11-19)22(30)24-17-6-2-15(3-7-17)21-25-26-27-29(21)18-8-9-18/h2-7,10-13,18H,8-9,14H2,1H3,(H,24,30). The minimum atomic E-state index is -0.189. The number of nitrogens with zero attached hydrogens (tertiary/aromatic N) is 6. The maximum atomic E-state index is 12.6. The van der Waals surface area contributed by atoms with Gasteiger partial charge >= 0.3 is 0 Å². The van der Waals surface area contributed by atoms with Crippen LogP contribution in [0.15, 0.2) is 60.9 Å². The van der Waals surface area contributed by atoms with Gasteiger partial charge in [-0.2, -0.15) is 0 Å². The number of benzene rings is 2. The fraction of sp³-hybridized carbons (Fsp3) is 0.227. The van der Waals surface area contributed by atoms with Gasteiger partial charge in [0.2, 0.25) is 0 Å². The molecule has 0 bridgehead atoms. The lowest BCUT2D eigenvalue weighted by Gasteiger charge is -2.09. The Morgan fingerprint density at radius 2 is 1.90 bits per heavy atom. The molecule has 1 fully saturated rings. The number of hydrogen-bond donors (Lipinski definition) is 1. The fourth-order valence-corrected chi connectivity index (χ4v) is 3.24. The van der Waals surface area contributed by atoms with E-state index < -0.39 is 0 Å². The molecule has 0 radical (unpaired) electrons. The second-order valence-corrected chi connectivity index (χ2v) is 7.48. The predicted molar refractivity (Wildman–Crippen MR) is 113 cm³/mol. The Hall–Kier alpha value is -4.01. The molecule has 1 amide bonds. The number of carbonyl (C=O) groups is 1. The molecule has 1 aliphatic rings. The first-order valence-electron chi connectivity index (χ1n) is 10.1. The van der Waals surface area contributed by atoms with Gasteiger partial charge in [0, 0.05) is 36.3 Å². The summed E-state index contributed by atoms with van der Waals surface area (Å²) in [5.41, 5.74) is 2.17. The van der Waals surface area contributed by atoms with Crippen molar-refractivity contribution in [2.24, 2.45) is 7.05 Å². The quantitative estimate of drug-likeness (QED) is 0.497. The van der Waals surface area contributed by atoms with E-state index in [4.69, 9.17) is 4.74 Å². The number of carbonyl (C=O) groups excluding carboxylic acids is 1. The lowest BCUT2D eigenvalue weighted by Crippen LogP contribution is -2.11. The smallest absolute Gasteiger partial charge is 0.255 e. The van der Waals surface area contributed by atoms with Crippen molar-refractivity contribution in [3.8, 4) is 17.1 Å². The first-order valence-corrected chi connectivity index (χ1v) is 10.1. The molecule has 0 aliphatic heterocycles. The van der Waals surface area contributed by atoms with Crippen molar-refractivity contribution in [1.29, 1.82) is 0 Å². The molecule has 0 saturated heterocycles. The Labute approximate surface area is 178 Å². The van der Waals surface area contributed by atoms with Crippen molar-refractivity contribution < 1.29 is 9.53 Å². The molecule has 1 N–H and O–H groups in total. The van der Waals surface area contributed by atoms with E-state index in [0.717, 1.165) is 30.1 Å². The van der Waals surface area contributed by atoms with E-state index in [1.807, 2.05) is 46.8 Å². The van der Waals surface area contributed by atoms with Crippen LogP contribution in [0.3, 0.4) is 0 Å². The second kappa shape index (κ2) is 8.02. The number of ether oxygens (including phenoxy) is 1. The zero-order chi connectivity index (χ0) is 21.2. The van der Waals surface area contributed by atoms with E-state index in [2.05, 4.69) is 25.8 Å². The highest BCUT2D eigenvalue weighted by Gasteiger charge is 2.28. The number of rotatable bonds is 7. The second-order valence-electron chi connectivity index (χ2n) is 7.48. The molecule has 2 aromatic heterocycles. The number of aromatic nitrogens is 6. The molecule has 2 aromatic carbocycles. The van der Waals surface area contributed by atoms with Crippen molar-refractivity contribution in [2.45, 2.75) is 25.5 Å². The summed E-state index contributed by atoms with van der Waals surface area (Å²) >= 11 is 0. The Morgan fingerprint density at radius 1 is 1.13 bits per heavy atom. The maximum absolute atomic E-state index is 12.6. The number of amides is 1. The number of aryl methyl sites for hydroxylation is 1. The SMILES string of the molecule is Cn1ccnc1COc1ccc(C(=O)Nc2ccc(-c3nnnn3C3CC3)cc2)cc1. The first kappa shape index (κ1) is 19.0. The third-order valence-electron chi connectivity index (χ3n) is 5.19. The number of nitrogens with one attached hydrogen (secondary N) is 1. The molecule has 1 saturated carbocycles. The Balaban J connectivity index is 1.20. The van der Waals surface area contributed by atoms with Gasteiger partial charge in [0.05, 0.1) is 6.04 Å². The minimum Gasteiger partial charge on any atom is -0.486 e. The minimum absolute atomic E-state index is 0.189. The summed E-state index contributed by atoms with van der Waals surface area (Å²) < 4.78 is 9.50. The van der Waals surface area contributed by atoms with Gasteiger partial charge in [0.25, 0.3) is 5.91 Å². The Bertz CT molecular complexity index is 1190. The van der Waals surface area contributed by atoms with Gasteiger partial charge in [0.1, 0.15) is 18.2 Å². The summed E-state index contributed by atoms with van der Waals surface area (Å²) in [4.78, 5) is 16.8. The van der Waals surface area contributed by atoms with Gasteiger partial charge in [0.15, 0.2) is 5.82 Å². The summed E-state index contributed by atoms with van der Waals surface area (Å²) in [6.45, 7) is 0.366. The van der Waals surface area contributed by atoms with Crippen molar-refractivity contribution in [3.05, 3.63) is 72.3 Å². The van der Waals surface area contributed by atoms with E-state index in [9.17, 15) is 4.79 Å². The maximum Gasteiger partial charge on any atom is 0.255 e. The molecule has 9 nitrogen and oxygen atoms in total. The highest BCUT2D eigenvalue weighted by Crippen LogP contribution is 2.36. The number of tetrazole rings is 1. The third kappa shape index (κ3) is 4.16. The number of imidazole rings is 1. The van der Waals surface area contributed by atoms with Crippen LogP contribution in [0.5, 0.6) is 5.75 Å². The average Bonchev–Trinajstić information content (AvgIpc) is 3.37. The molecular weight excluding hydrogens is 394 g/mol. The van der Waals surface area contributed by atoms with Crippen molar-refractivity contribution >= 4 is 11.6 Å². The lowest BCUT2D eigenvalue weighted by molar-refractivity contribution is 0.102. The van der Waals surface area contributed by atoms with E-state index in [1.165, 1.54) is 0 Å². The van der Waals surface area contributed by atoms with Crippen LogP contribution in [0.25, 0.3) is 11.4 Å². The van der Waals surface area contributed by atoms with Crippen LogP contribution in [-0.4, -0.2) is 35.7 Å². The molecule has 5 rings (SSSR count). The van der Waals surface area contributed by atoms with Gasteiger partial charge in [-0.25, -0.2) is 9.67 Å². The van der Waals surface area contributed by atoms with Gasteiger partial charge in [-0.3, -0.25) is 4.79 Å². The number of hydrogen-bond acceptors (Lipinski definition) is 6. The van der Waals surface area contributed by atoms with Crippen molar-refractivity contribution in [3.63, 3.8) is 0 Å². The molecule has 156 valence electrons. The lowest BCUT2D eigenvalue weighted by atomic mass is 10.1. The highest BCUT2D eigenvalue weighted by atomic mass is 16.5. The molecule has 2 heterocycles. The van der Waals surface area contributed by atoms with Crippen LogP contribution in [0.4, 0.5) is 5.69 Å². The van der Waals surface area contributed by atoms with E-state index in [-0.39, 0.29) is 5.91 Å². The first-order chi connectivity index (χ1) is 15.2. The fourth-order valence-electron chi connectivity index (χ4n) is 3.24. The summed E-state index contributed by atoms with van der Waals surface area (Å²) in [5, 5.41) is 14.9. The average molecular weight is 415 g/mol. The summed E-state index contributed by atoms with van der Waals surface area (Å²) in [5.74, 6) is 2.07. The number of anilines is 1. The molecular formula is C22H21N7O2. The van der Waals surface area contributed by atoms with Crippen LogP contribution in [0.1, 0.15) is 35.1 Å². The van der Waals surface area contributed by atoms with Crippen molar-refractivity contribution in [2.75, 3.05) is 5.32 Å². The zero-order valence-electron chi connectivity index (χ0n) is 17.0. The van der Waals surface area contributed by atoms with Crippen LogP contribution in [-0.2, 0) is 13.7 Å². The molecule has 4 aromatic rings. The van der Waals surface area contributed by atoms with Gasteiger partial charge < -0.3 is 14.6 Å². The normalized spacial score (nSPS) is 13.2. The van der Waals surface area contributed by atoms with E-state index in [1.54, 1.807) is 30.5 Å². The molecule has 9 heteroatoms. The van der Waals surface area contributed by atoms with Gasteiger partial charge in [-0.1, -0.05) is 0 Å². The summed E-state index contributed by atoms with van der Waals surface area (Å²) in [7, 11) is 1.92. The largest absolute Gasteiger partial charge is 0.486 e. The molecule has 31 heavy (non-hydrogen) atoms. The van der Waals surface area contributed by atoms with Crippen molar-refractivity contribution in [1.82, 2.24) is 29.8 Å². The summed E-state index contributed by atoms with van der Waals surface area (Å²) in [6, 6.07) is 15.0. The topological polar surface area (TPSA) is 99.8 Å². The van der Waals surface area contributed by atoms with Crippen LogP contribution in [0.2, 0.25) is 0 Å². The van der Waals surface area contributed by atoms with E-state index >= 15 is 0 Å². The Kier molecular flexibility index (Phi) is 4.91. The predicted octanol–water partition coefficient (Wildman–Crippen LogP) is 3.24. The molecule has 0 atom stereocenters. The Morgan fingerprint density at radius 3 is 2.58 bits per heavy atom. The highest BCUT2D eigenvalue weighted by molar-refractivity contribution is 6.04. The molecule has 1 aliphatic carbocycles. The monoisotopic (exact) mass is 415 g/mol. The van der Waals surface area contributed by atoms with Gasteiger partial charge in [-0.05, 0) is 71.8 Å². The zero-order valence-corrected chi connectivity index (χ0v) is 17.0. The summed E-state index contributed by atoms with van der Waals surface area (Å²) in [6.07, 6.45) is 5.82. The van der Waals surface area contributed by atoms with Crippen LogP contribution < -0.4 is 10.1 Å². The molecule has 0 spiro atoms.